The van der Waals surface area contributed by atoms with Crippen molar-refractivity contribution in [3.63, 3.8) is 0 Å². The lowest BCUT2D eigenvalue weighted by atomic mass is 10.2. The van der Waals surface area contributed by atoms with Crippen LogP contribution in [-0.2, 0) is 11.3 Å². The fourth-order valence-corrected chi connectivity index (χ4v) is 2.33. The van der Waals surface area contributed by atoms with Gasteiger partial charge in [-0.05, 0) is 42.0 Å². The van der Waals surface area contributed by atoms with Gasteiger partial charge in [-0.1, -0.05) is 23.2 Å². The second-order valence-electron chi connectivity index (χ2n) is 4.10. The minimum Gasteiger partial charge on any atom is -0.497 e. The van der Waals surface area contributed by atoms with Gasteiger partial charge in [-0.25, -0.2) is 0 Å². The molecule has 0 N–H and O–H groups in total. The minimum absolute atomic E-state index is 0.429. The normalized spacial score (nSPS) is 10.4. The quantitative estimate of drug-likeness (QED) is 0.782. The molecule has 0 aliphatic rings. The molecule has 0 aromatic heterocycles. The summed E-state index contributed by atoms with van der Waals surface area (Å²) in [6.45, 7) is 0.447. The molecule has 0 radical (unpaired) electrons. The molecule has 0 spiro atoms. The lowest BCUT2D eigenvalue weighted by Gasteiger charge is -2.11. The van der Waals surface area contributed by atoms with Crippen LogP contribution in [-0.4, -0.2) is 14.2 Å². The number of hydrogen-bond acceptors (Lipinski definition) is 3. The fourth-order valence-electron chi connectivity index (χ4n) is 1.72. The van der Waals surface area contributed by atoms with Gasteiger partial charge >= 0.3 is 0 Å². The molecule has 0 saturated carbocycles. The van der Waals surface area contributed by atoms with E-state index in [2.05, 4.69) is 0 Å². The Labute approximate surface area is 128 Å². The Morgan fingerprint density at radius 3 is 1.95 bits per heavy atom. The summed E-state index contributed by atoms with van der Waals surface area (Å²) in [6, 6.07) is 10.7. The van der Waals surface area contributed by atoms with Crippen molar-refractivity contribution < 1.29 is 14.2 Å². The van der Waals surface area contributed by atoms with Crippen LogP contribution in [0.25, 0.3) is 0 Å². The standard InChI is InChI=1S/C15H14Cl2O3/c1-18-9-10-7-13(16)15(14(17)8-10)20-12-5-3-11(19-2)4-6-12/h3-8H,9H2,1-2H3. The summed E-state index contributed by atoms with van der Waals surface area (Å²) in [6.07, 6.45) is 0. The molecular formula is C15H14Cl2O3. The Morgan fingerprint density at radius 2 is 1.45 bits per heavy atom. The second-order valence-corrected chi connectivity index (χ2v) is 4.91. The minimum atomic E-state index is 0.429. The predicted molar refractivity (Wildman–Crippen MR) is 80.2 cm³/mol. The second kappa shape index (κ2) is 6.84. The van der Waals surface area contributed by atoms with E-state index in [1.165, 1.54) is 0 Å². The van der Waals surface area contributed by atoms with E-state index in [4.69, 9.17) is 37.4 Å². The molecule has 20 heavy (non-hydrogen) atoms. The highest BCUT2D eigenvalue weighted by Gasteiger charge is 2.11. The number of rotatable bonds is 5. The Balaban J connectivity index is 2.23. The van der Waals surface area contributed by atoms with Crippen LogP contribution in [0.1, 0.15) is 5.56 Å². The zero-order valence-corrected chi connectivity index (χ0v) is 12.7. The summed E-state index contributed by atoms with van der Waals surface area (Å²) in [5, 5.41) is 0.890. The first-order valence-electron chi connectivity index (χ1n) is 5.93. The van der Waals surface area contributed by atoms with Gasteiger partial charge in [0.05, 0.1) is 23.8 Å². The van der Waals surface area contributed by atoms with Crippen molar-refractivity contribution in [2.24, 2.45) is 0 Å². The van der Waals surface area contributed by atoms with Crippen molar-refractivity contribution in [1.29, 1.82) is 0 Å². The van der Waals surface area contributed by atoms with Crippen molar-refractivity contribution in [2.75, 3.05) is 14.2 Å². The molecule has 2 aromatic rings. The van der Waals surface area contributed by atoms with Gasteiger partial charge in [0.1, 0.15) is 11.5 Å². The third kappa shape index (κ3) is 3.57. The van der Waals surface area contributed by atoms with Crippen LogP contribution in [0.5, 0.6) is 17.2 Å². The first-order chi connectivity index (χ1) is 9.63. The van der Waals surface area contributed by atoms with Gasteiger partial charge in [-0.2, -0.15) is 0 Å². The highest BCUT2D eigenvalue weighted by molar-refractivity contribution is 6.37. The van der Waals surface area contributed by atoms with E-state index < -0.39 is 0 Å². The van der Waals surface area contributed by atoms with Crippen LogP contribution in [0, 0.1) is 0 Å². The molecule has 0 bridgehead atoms. The molecular weight excluding hydrogens is 299 g/mol. The van der Waals surface area contributed by atoms with E-state index in [1.807, 2.05) is 0 Å². The Bertz CT molecular complexity index is 559. The monoisotopic (exact) mass is 312 g/mol. The van der Waals surface area contributed by atoms with Gasteiger partial charge in [0.15, 0.2) is 5.75 Å². The van der Waals surface area contributed by atoms with Crippen molar-refractivity contribution in [3.05, 3.63) is 52.0 Å². The number of hydrogen-bond donors (Lipinski definition) is 0. The van der Waals surface area contributed by atoms with Crippen LogP contribution in [0.2, 0.25) is 10.0 Å². The van der Waals surface area contributed by atoms with E-state index in [0.717, 1.165) is 11.3 Å². The van der Waals surface area contributed by atoms with E-state index >= 15 is 0 Å². The Hall–Kier alpha value is -1.42. The summed E-state index contributed by atoms with van der Waals surface area (Å²) in [4.78, 5) is 0. The largest absolute Gasteiger partial charge is 0.497 e. The van der Waals surface area contributed by atoms with Gasteiger partial charge in [-0.3, -0.25) is 0 Å². The Morgan fingerprint density at radius 1 is 0.900 bits per heavy atom. The number of ether oxygens (including phenoxy) is 3. The molecule has 0 aliphatic carbocycles. The smallest absolute Gasteiger partial charge is 0.164 e. The summed E-state index contributed by atoms with van der Waals surface area (Å²) in [5.41, 5.74) is 0.893. The van der Waals surface area contributed by atoms with Crippen LogP contribution >= 0.6 is 23.2 Å². The van der Waals surface area contributed by atoms with Crippen molar-refractivity contribution in [3.8, 4) is 17.2 Å². The van der Waals surface area contributed by atoms with Gasteiger partial charge in [0.25, 0.3) is 0 Å². The molecule has 106 valence electrons. The summed E-state index contributed by atoms with van der Waals surface area (Å²) < 4.78 is 15.8. The fraction of sp³-hybridized carbons (Fsp3) is 0.200. The van der Waals surface area contributed by atoms with Gasteiger partial charge in [0.2, 0.25) is 0 Å². The summed E-state index contributed by atoms with van der Waals surface area (Å²) in [5.74, 6) is 1.82. The number of benzene rings is 2. The zero-order valence-electron chi connectivity index (χ0n) is 11.2. The predicted octanol–water partition coefficient (Wildman–Crippen LogP) is 4.94. The molecule has 0 unspecified atom stereocenters. The summed E-state index contributed by atoms with van der Waals surface area (Å²) in [7, 11) is 3.22. The molecule has 0 heterocycles. The molecule has 3 nitrogen and oxygen atoms in total. The molecule has 2 rings (SSSR count). The van der Waals surface area contributed by atoms with Crippen molar-refractivity contribution in [1.82, 2.24) is 0 Å². The van der Waals surface area contributed by atoms with E-state index in [0.29, 0.717) is 28.2 Å². The Kier molecular flexibility index (Phi) is 5.12. The van der Waals surface area contributed by atoms with Gasteiger partial charge < -0.3 is 14.2 Å². The van der Waals surface area contributed by atoms with Crippen LogP contribution in [0.4, 0.5) is 0 Å². The molecule has 0 fully saturated rings. The average molecular weight is 313 g/mol. The highest BCUT2D eigenvalue weighted by Crippen LogP contribution is 2.37. The van der Waals surface area contributed by atoms with Crippen molar-refractivity contribution >= 4 is 23.2 Å². The number of halogens is 2. The van der Waals surface area contributed by atoms with Gasteiger partial charge in [-0.15, -0.1) is 0 Å². The average Bonchev–Trinajstić information content (AvgIpc) is 2.44. The first kappa shape index (κ1) is 15.0. The molecule has 0 aliphatic heterocycles. The SMILES string of the molecule is COCc1cc(Cl)c(Oc2ccc(OC)cc2)c(Cl)c1. The third-order valence-corrected chi connectivity index (χ3v) is 3.21. The number of methoxy groups -OCH3 is 2. The molecule has 0 amide bonds. The topological polar surface area (TPSA) is 27.7 Å². The van der Waals surface area contributed by atoms with Crippen LogP contribution < -0.4 is 9.47 Å². The maximum Gasteiger partial charge on any atom is 0.164 e. The highest BCUT2D eigenvalue weighted by atomic mass is 35.5. The van der Waals surface area contributed by atoms with E-state index in [1.54, 1.807) is 50.6 Å². The maximum atomic E-state index is 6.19. The lowest BCUT2D eigenvalue weighted by molar-refractivity contribution is 0.185. The van der Waals surface area contributed by atoms with Crippen LogP contribution in [0.3, 0.4) is 0 Å². The van der Waals surface area contributed by atoms with E-state index in [-0.39, 0.29) is 0 Å². The summed E-state index contributed by atoms with van der Waals surface area (Å²) >= 11 is 12.4. The molecule has 5 heteroatoms. The van der Waals surface area contributed by atoms with E-state index in [9.17, 15) is 0 Å². The first-order valence-corrected chi connectivity index (χ1v) is 6.68. The van der Waals surface area contributed by atoms with Crippen molar-refractivity contribution in [2.45, 2.75) is 6.61 Å². The van der Waals surface area contributed by atoms with Gasteiger partial charge in [0, 0.05) is 7.11 Å². The molecule has 0 saturated heterocycles. The molecule has 0 atom stereocenters. The maximum absolute atomic E-state index is 6.19. The molecule has 2 aromatic carbocycles. The third-order valence-electron chi connectivity index (χ3n) is 2.65. The van der Waals surface area contributed by atoms with Crippen LogP contribution in [0.15, 0.2) is 36.4 Å². The lowest BCUT2D eigenvalue weighted by Crippen LogP contribution is -1.92. The zero-order chi connectivity index (χ0) is 14.5.